The molecule has 1 aliphatic heterocycles. The number of hydrogen-bond acceptors (Lipinski definition) is 7. The molecule has 0 spiro atoms. The van der Waals surface area contributed by atoms with Gasteiger partial charge in [-0.05, 0) is 41.6 Å². The van der Waals surface area contributed by atoms with E-state index in [1.54, 1.807) is 6.07 Å². The number of carbonyl (C=O) groups excluding carboxylic acids is 1. The highest BCUT2D eigenvalue weighted by molar-refractivity contribution is 7.92. The van der Waals surface area contributed by atoms with Crippen LogP contribution in [0.15, 0.2) is 41.6 Å². The zero-order valence-electron chi connectivity index (χ0n) is 15.6. The topological polar surface area (TPSA) is 120 Å². The molecule has 0 bridgehead atoms. The van der Waals surface area contributed by atoms with Crippen LogP contribution in [-0.4, -0.2) is 46.8 Å². The maximum Gasteiger partial charge on any atom is 0.255 e. The second-order valence-electron chi connectivity index (χ2n) is 6.55. The molecule has 1 heterocycles. The van der Waals surface area contributed by atoms with Gasteiger partial charge >= 0.3 is 0 Å². The molecule has 2 aromatic carbocycles. The number of halogens is 1. The minimum atomic E-state index is -3.41. The third-order valence-corrected chi connectivity index (χ3v) is 5.23. The van der Waals surface area contributed by atoms with Crippen molar-refractivity contribution in [3.63, 3.8) is 0 Å². The minimum absolute atomic E-state index is 0.0256. The summed E-state index contributed by atoms with van der Waals surface area (Å²) in [6.45, 7) is 3.10. The van der Waals surface area contributed by atoms with Crippen LogP contribution >= 0.6 is 11.6 Å². The molecule has 1 aliphatic rings. The first-order chi connectivity index (χ1) is 13.8. The summed E-state index contributed by atoms with van der Waals surface area (Å²) in [6.07, 6.45) is 1.04. The van der Waals surface area contributed by atoms with Gasteiger partial charge in [0.15, 0.2) is 0 Å². The van der Waals surface area contributed by atoms with E-state index < -0.39 is 15.9 Å². The zero-order chi connectivity index (χ0) is 21.0. The van der Waals surface area contributed by atoms with Crippen LogP contribution in [0.3, 0.4) is 0 Å². The molecule has 11 heteroatoms. The molecular weight excluding hydrogens is 418 g/mol. The minimum Gasteiger partial charge on any atom is -0.368 e. The highest BCUT2D eigenvalue weighted by Crippen LogP contribution is 2.37. The zero-order valence-corrected chi connectivity index (χ0v) is 17.2. The lowest BCUT2D eigenvalue weighted by Crippen LogP contribution is -2.43. The Labute approximate surface area is 173 Å². The SMILES string of the molecule is CS(=O)(=O)Nc1ccc(C(=O)Nc2cc(N3CCNCC3)c(Cl)cc2N=O)cc1. The number of piperazine rings is 1. The van der Waals surface area contributed by atoms with E-state index in [2.05, 4.69) is 25.4 Å². The summed E-state index contributed by atoms with van der Waals surface area (Å²) in [4.78, 5) is 25.9. The van der Waals surface area contributed by atoms with E-state index in [0.717, 1.165) is 32.4 Å². The Kier molecular flexibility index (Phi) is 6.36. The summed E-state index contributed by atoms with van der Waals surface area (Å²) < 4.78 is 24.9. The molecule has 0 aromatic heterocycles. The predicted octanol–water partition coefficient (Wildman–Crippen LogP) is 2.77. The summed E-state index contributed by atoms with van der Waals surface area (Å²) in [5.41, 5.74) is 1.62. The lowest BCUT2D eigenvalue weighted by atomic mass is 10.1. The quantitative estimate of drug-likeness (QED) is 0.597. The Morgan fingerprint density at radius 2 is 1.83 bits per heavy atom. The molecule has 1 fully saturated rings. The molecule has 0 unspecified atom stereocenters. The van der Waals surface area contributed by atoms with Gasteiger partial charge in [0.1, 0.15) is 5.69 Å². The van der Waals surface area contributed by atoms with Crippen molar-refractivity contribution in [3.05, 3.63) is 51.9 Å². The highest BCUT2D eigenvalue weighted by Gasteiger charge is 2.18. The van der Waals surface area contributed by atoms with Crippen LogP contribution < -0.4 is 20.3 Å². The van der Waals surface area contributed by atoms with Crippen molar-refractivity contribution in [2.45, 2.75) is 0 Å². The number of amides is 1. The molecule has 1 amide bonds. The first-order valence-corrected chi connectivity index (χ1v) is 11.1. The Morgan fingerprint density at radius 3 is 2.41 bits per heavy atom. The van der Waals surface area contributed by atoms with Crippen molar-refractivity contribution in [2.24, 2.45) is 5.18 Å². The largest absolute Gasteiger partial charge is 0.368 e. The predicted molar refractivity (Wildman–Crippen MR) is 115 cm³/mol. The fraction of sp³-hybridized carbons (Fsp3) is 0.278. The van der Waals surface area contributed by atoms with Gasteiger partial charge in [-0.2, -0.15) is 0 Å². The monoisotopic (exact) mass is 437 g/mol. The Morgan fingerprint density at radius 1 is 1.17 bits per heavy atom. The number of anilines is 3. The molecule has 0 saturated carbocycles. The number of benzene rings is 2. The summed E-state index contributed by atoms with van der Waals surface area (Å²) in [7, 11) is -3.41. The first-order valence-electron chi connectivity index (χ1n) is 8.78. The number of nitroso groups, excluding NO2 is 1. The lowest BCUT2D eigenvalue weighted by molar-refractivity contribution is 0.102. The van der Waals surface area contributed by atoms with E-state index in [0.29, 0.717) is 22.0 Å². The van der Waals surface area contributed by atoms with Crippen molar-refractivity contribution in [3.8, 4) is 0 Å². The Bertz CT molecular complexity index is 1020. The molecule has 9 nitrogen and oxygen atoms in total. The number of rotatable bonds is 6. The van der Waals surface area contributed by atoms with Crippen molar-refractivity contribution in [2.75, 3.05) is 47.4 Å². The summed E-state index contributed by atoms with van der Waals surface area (Å²) in [5.74, 6) is -0.464. The van der Waals surface area contributed by atoms with Crippen molar-refractivity contribution in [1.29, 1.82) is 0 Å². The first kappa shape index (κ1) is 21.0. The van der Waals surface area contributed by atoms with Gasteiger partial charge in [0.05, 0.1) is 22.7 Å². The number of carbonyl (C=O) groups is 1. The molecule has 154 valence electrons. The van der Waals surface area contributed by atoms with E-state index in [4.69, 9.17) is 11.6 Å². The number of nitrogens with one attached hydrogen (secondary N) is 3. The van der Waals surface area contributed by atoms with Gasteiger partial charge in [0.2, 0.25) is 10.0 Å². The maximum absolute atomic E-state index is 12.6. The smallest absolute Gasteiger partial charge is 0.255 e. The van der Waals surface area contributed by atoms with E-state index >= 15 is 0 Å². The fourth-order valence-corrected chi connectivity index (χ4v) is 3.81. The second kappa shape index (κ2) is 8.76. The van der Waals surface area contributed by atoms with Gasteiger partial charge in [-0.25, -0.2) is 8.42 Å². The van der Waals surface area contributed by atoms with Gasteiger partial charge in [-0.3, -0.25) is 9.52 Å². The van der Waals surface area contributed by atoms with E-state index in [1.807, 2.05) is 0 Å². The molecule has 2 aromatic rings. The fourth-order valence-electron chi connectivity index (χ4n) is 2.97. The Hall–Kier alpha value is -2.69. The van der Waals surface area contributed by atoms with Crippen LogP contribution in [0.4, 0.5) is 22.7 Å². The average Bonchev–Trinajstić information content (AvgIpc) is 2.69. The highest BCUT2D eigenvalue weighted by atomic mass is 35.5. The molecule has 3 N–H and O–H groups in total. The van der Waals surface area contributed by atoms with Crippen LogP contribution in [0, 0.1) is 4.91 Å². The summed E-state index contributed by atoms with van der Waals surface area (Å²) >= 11 is 6.31. The van der Waals surface area contributed by atoms with Gasteiger partial charge in [0.25, 0.3) is 5.91 Å². The number of nitrogens with zero attached hydrogens (tertiary/aromatic N) is 2. The van der Waals surface area contributed by atoms with Crippen LogP contribution in [0.1, 0.15) is 10.4 Å². The Balaban J connectivity index is 1.82. The molecular formula is C18H20ClN5O4S. The van der Waals surface area contributed by atoms with Crippen LogP contribution in [0.5, 0.6) is 0 Å². The van der Waals surface area contributed by atoms with Gasteiger partial charge in [-0.1, -0.05) is 11.6 Å². The lowest BCUT2D eigenvalue weighted by Gasteiger charge is -2.30. The molecule has 0 aliphatic carbocycles. The summed E-state index contributed by atoms with van der Waals surface area (Å²) in [5, 5.41) is 9.27. The van der Waals surface area contributed by atoms with Crippen LogP contribution in [0.2, 0.25) is 5.02 Å². The second-order valence-corrected chi connectivity index (χ2v) is 8.71. The van der Waals surface area contributed by atoms with Crippen molar-refractivity contribution in [1.82, 2.24) is 5.32 Å². The van der Waals surface area contributed by atoms with Crippen LogP contribution in [0.25, 0.3) is 0 Å². The van der Waals surface area contributed by atoms with Crippen molar-refractivity contribution >= 4 is 50.3 Å². The van der Waals surface area contributed by atoms with Gasteiger partial charge in [0, 0.05) is 37.4 Å². The number of hydrogen-bond donors (Lipinski definition) is 3. The van der Waals surface area contributed by atoms with Crippen LogP contribution in [-0.2, 0) is 10.0 Å². The standard InChI is InChI=1S/C18H20ClN5O4S/c1-29(27,28)23-13-4-2-12(3-5-13)18(25)21-15-11-17(14(19)10-16(15)22-26)24-8-6-20-7-9-24/h2-5,10-11,20,23H,6-9H2,1H3,(H,21,25). The molecule has 0 radical (unpaired) electrons. The van der Waals surface area contributed by atoms with E-state index in [-0.39, 0.29) is 11.4 Å². The maximum atomic E-state index is 12.6. The number of sulfonamides is 1. The summed E-state index contributed by atoms with van der Waals surface area (Å²) in [6, 6.07) is 8.97. The van der Waals surface area contributed by atoms with E-state index in [9.17, 15) is 18.1 Å². The average molecular weight is 438 g/mol. The van der Waals surface area contributed by atoms with Crippen molar-refractivity contribution < 1.29 is 13.2 Å². The van der Waals surface area contributed by atoms with Gasteiger partial charge in [-0.15, -0.1) is 4.91 Å². The molecule has 1 saturated heterocycles. The molecule has 0 atom stereocenters. The molecule has 3 rings (SSSR count). The van der Waals surface area contributed by atoms with Gasteiger partial charge < -0.3 is 15.5 Å². The third kappa shape index (κ3) is 5.43. The molecule has 29 heavy (non-hydrogen) atoms. The van der Waals surface area contributed by atoms with E-state index in [1.165, 1.54) is 30.3 Å². The third-order valence-electron chi connectivity index (χ3n) is 4.32. The normalized spacial score (nSPS) is 14.3.